The van der Waals surface area contributed by atoms with Crippen LogP contribution in [0.1, 0.15) is 49.9 Å². The molecule has 0 saturated heterocycles. The topological polar surface area (TPSA) is 37.3 Å². The normalized spacial score (nSPS) is 11.0. The largest absolute Gasteiger partial charge is 0.512 e. The van der Waals surface area contributed by atoms with Gasteiger partial charge in [0.25, 0.3) is 0 Å². The summed E-state index contributed by atoms with van der Waals surface area (Å²) in [6, 6.07) is 18.9. The Morgan fingerprint density at radius 1 is 1.10 bits per heavy atom. The quantitative estimate of drug-likeness (QED) is 0.196. The minimum Gasteiger partial charge on any atom is -0.512 e. The summed E-state index contributed by atoms with van der Waals surface area (Å²) in [5, 5.41) is 11.0. The van der Waals surface area contributed by atoms with Crippen LogP contribution >= 0.6 is 0 Å². The molecule has 0 spiro atoms. The Morgan fingerprint density at radius 2 is 1.77 bits per heavy atom. The van der Waals surface area contributed by atoms with Crippen LogP contribution < -0.4 is 0 Å². The Labute approximate surface area is 200 Å². The van der Waals surface area contributed by atoms with Crippen LogP contribution in [0, 0.1) is 32.8 Å². The smallest absolute Gasteiger partial charge is 0.155 e. The Bertz CT molecular complexity index is 1050. The molecule has 3 rings (SSSR count). The zero-order valence-corrected chi connectivity index (χ0v) is 21.7. The molecule has 0 fully saturated rings. The van der Waals surface area contributed by atoms with E-state index < -0.39 is 0 Å². The number of aliphatic hydroxyl groups excluding tert-OH is 1. The number of benzene rings is 3. The molecular formula is C28H32IrO2-2. The van der Waals surface area contributed by atoms with Gasteiger partial charge in [-0.05, 0) is 26.2 Å². The Morgan fingerprint density at radius 3 is 2.29 bits per heavy atom. The van der Waals surface area contributed by atoms with Crippen LogP contribution in [0.3, 0.4) is 0 Å². The number of rotatable bonds is 4. The molecule has 3 aromatic carbocycles. The van der Waals surface area contributed by atoms with Gasteiger partial charge < -0.3 is 5.11 Å². The van der Waals surface area contributed by atoms with Gasteiger partial charge in [-0.15, -0.1) is 51.9 Å². The van der Waals surface area contributed by atoms with Gasteiger partial charge in [0.1, 0.15) is 0 Å². The summed E-state index contributed by atoms with van der Waals surface area (Å²) in [7, 11) is 0. The van der Waals surface area contributed by atoms with E-state index in [1.807, 2.05) is 0 Å². The van der Waals surface area contributed by atoms with E-state index >= 15 is 0 Å². The molecule has 0 aliphatic rings. The fourth-order valence-corrected chi connectivity index (χ4v) is 3.69. The van der Waals surface area contributed by atoms with E-state index in [4.69, 9.17) is 5.11 Å². The number of aliphatic hydroxyl groups is 1. The second-order valence-corrected chi connectivity index (χ2v) is 8.35. The fourth-order valence-electron chi connectivity index (χ4n) is 3.69. The number of aryl methyl sites for hydroxylation is 2. The van der Waals surface area contributed by atoms with Gasteiger partial charge in [-0.2, -0.15) is 12.5 Å². The van der Waals surface area contributed by atoms with E-state index in [0.717, 1.165) is 17.5 Å². The van der Waals surface area contributed by atoms with Crippen LogP contribution in [0.5, 0.6) is 0 Å². The number of hydrogen-bond donors (Lipinski definition) is 1. The molecular weight excluding hydrogens is 561 g/mol. The van der Waals surface area contributed by atoms with Gasteiger partial charge in [0, 0.05) is 26.2 Å². The molecule has 167 valence electrons. The van der Waals surface area contributed by atoms with Crippen molar-refractivity contribution < 1.29 is 30.0 Å². The zero-order valence-electron chi connectivity index (χ0n) is 19.3. The molecule has 31 heavy (non-hydrogen) atoms. The maximum atomic E-state index is 10.0. The van der Waals surface area contributed by atoms with Gasteiger partial charge >= 0.3 is 0 Å². The van der Waals surface area contributed by atoms with Gasteiger partial charge in [-0.3, -0.25) is 4.79 Å². The number of hydrogen-bond acceptors (Lipinski definition) is 2. The predicted molar refractivity (Wildman–Crippen MR) is 128 cm³/mol. The number of ketones is 1. The Balaban J connectivity index is 0.000000523. The molecule has 0 aliphatic heterocycles. The van der Waals surface area contributed by atoms with Crippen molar-refractivity contribution in [2.45, 2.75) is 48.0 Å². The van der Waals surface area contributed by atoms with Gasteiger partial charge in [0.05, 0.1) is 5.76 Å². The summed E-state index contributed by atoms with van der Waals surface area (Å²) >= 11 is 0. The fraction of sp³-hybridized carbons (Fsp3) is 0.286. The van der Waals surface area contributed by atoms with E-state index in [0.29, 0.717) is 5.92 Å². The first kappa shape index (κ1) is 26.7. The molecule has 0 aromatic heterocycles. The van der Waals surface area contributed by atoms with Gasteiger partial charge in [0.15, 0.2) is 5.78 Å². The van der Waals surface area contributed by atoms with Crippen LogP contribution in [-0.4, -0.2) is 10.9 Å². The summed E-state index contributed by atoms with van der Waals surface area (Å²) in [5.74, 6) is 0.591. The molecule has 3 aromatic rings. The van der Waals surface area contributed by atoms with Crippen molar-refractivity contribution in [3.05, 3.63) is 89.5 Å². The molecule has 0 bridgehead atoms. The standard InChI is InChI=1S/C23H24.C5H8O2.Ir/c1-15(2)11-19-7-6-8-22-18(5)21(9-10-23(19)22)20-13-16(3)12-17(4)14-20;1-4(6)3-5(2)7;/h6-10,12-13,15H,5,11H2,1-4H3;3,6H,1-2H3;/q-2;;/b;4-3-;. The molecule has 1 N–H and O–H groups in total. The van der Waals surface area contributed by atoms with Crippen molar-refractivity contribution in [1.82, 2.24) is 0 Å². The summed E-state index contributed by atoms with van der Waals surface area (Å²) < 4.78 is 0. The van der Waals surface area contributed by atoms with Gasteiger partial charge in [-0.1, -0.05) is 62.9 Å². The van der Waals surface area contributed by atoms with Crippen molar-refractivity contribution in [3.63, 3.8) is 0 Å². The van der Waals surface area contributed by atoms with Crippen molar-refractivity contribution in [2.75, 3.05) is 0 Å². The third-order valence-corrected chi connectivity index (χ3v) is 4.74. The maximum absolute atomic E-state index is 10.0. The van der Waals surface area contributed by atoms with E-state index in [1.54, 1.807) is 0 Å². The SMILES string of the molecule is CC(=O)/C=C(/C)O.[CH2-]c1c(-c2[c-]c(C)cc(C)c2)ccc2c(CC(C)C)cccc12.[Ir]. The summed E-state index contributed by atoms with van der Waals surface area (Å²) in [6.07, 6.45) is 2.27. The van der Waals surface area contributed by atoms with Crippen LogP contribution in [0.4, 0.5) is 0 Å². The third kappa shape index (κ3) is 7.69. The van der Waals surface area contributed by atoms with Gasteiger partial charge in [0.2, 0.25) is 0 Å². The average Bonchev–Trinajstić information content (AvgIpc) is 2.60. The zero-order chi connectivity index (χ0) is 22.4. The minimum atomic E-state index is -0.125. The van der Waals surface area contributed by atoms with Crippen LogP contribution in [0.25, 0.3) is 21.9 Å². The number of allylic oxidation sites excluding steroid dienone is 2. The minimum absolute atomic E-state index is 0. The molecule has 2 nitrogen and oxygen atoms in total. The molecule has 3 heteroatoms. The van der Waals surface area contributed by atoms with Crippen LogP contribution in [0.2, 0.25) is 0 Å². The Kier molecular flexibility index (Phi) is 10.2. The first-order valence-electron chi connectivity index (χ1n) is 10.3. The van der Waals surface area contributed by atoms with E-state index in [-0.39, 0.29) is 31.6 Å². The monoisotopic (exact) mass is 593 g/mol. The summed E-state index contributed by atoms with van der Waals surface area (Å²) in [6.45, 7) is 16.0. The number of carbonyl (C=O) groups is 1. The molecule has 0 unspecified atom stereocenters. The maximum Gasteiger partial charge on any atom is 0.155 e. The second-order valence-electron chi connectivity index (χ2n) is 8.35. The number of fused-ring (bicyclic) bond motifs is 1. The molecule has 0 aliphatic carbocycles. The van der Waals surface area contributed by atoms with Crippen molar-refractivity contribution in [3.8, 4) is 11.1 Å². The van der Waals surface area contributed by atoms with E-state index in [1.165, 1.54) is 52.9 Å². The second kappa shape index (κ2) is 11.9. The summed E-state index contributed by atoms with van der Waals surface area (Å²) in [4.78, 5) is 10.0. The molecule has 0 heterocycles. The average molecular weight is 593 g/mol. The number of carbonyl (C=O) groups excluding carboxylic acids is 1. The van der Waals surface area contributed by atoms with E-state index in [9.17, 15) is 4.79 Å². The molecule has 0 saturated carbocycles. The van der Waals surface area contributed by atoms with Crippen LogP contribution in [-0.2, 0) is 31.3 Å². The summed E-state index contributed by atoms with van der Waals surface area (Å²) in [5.41, 5.74) is 7.29. The first-order valence-corrected chi connectivity index (χ1v) is 10.3. The molecule has 1 radical (unpaired) electrons. The molecule has 0 amide bonds. The third-order valence-electron chi connectivity index (χ3n) is 4.74. The van der Waals surface area contributed by atoms with Crippen molar-refractivity contribution in [2.24, 2.45) is 5.92 Å². The van der Waals surface area contributed by atoms with Crippen LogP contribution in [0.15, 0.2) is 54.3 Å². The van der Waals surface area contributed by atoms with Crippen molar-refractivity contribution in [1.29, 1.82) is 0 Å². The van der Waals surface area contributed by atoms with Gasteiger partial charge in [-0.25, -0.2) is 0 Å². The Hall–Kier alpha value is -2.35. The van der Waals surface area contributed by atoms with Crippen molar-refractivity contribution >= 4 is 16.6 Å². The van der Waals surface area contributed by atoms with E-state index in [2.05, 4.69) is 83.1 Å². The first-order chi connectivity index (χ1) is 14.1. The molecule has 0 atom stereocenters. The predicted octanol–water partition coefficient (Wildman–Crippen LogP) is 7.34.